The van der Waals surface area contributed by atoms with Crippen molar-refractivity contribution >= 4 is 5.97 Å². The van der Waals surface area contributed by atoms with E-state index in [0.29, 0.717) is 18.1 Å². The Morgan fingerprint density at radius 3 is 2.60 bits per heavy atom. The highest BCUT2D eigenvalue weighted by Crippen LogP contribution is 2.25. The zero-order valence-electron chi connectivity index (χ0n) is 11.7. The minimum Gasteiger partial charge on any atom is -0.494 e. The Balaban J connectivity index is 2.46. The summed E-state index contributed by atoms with van der Waals surface area (Å²) in [6.07, 6.45) is 0. The van der Waals surface area contributed by atoms with E-state index in [2.05, 4.69) is 9.97 Å². The first kappa shape index (κ1) is 14.0. The molecule has 104 valence electrons. The molecule has 5 heteroatoms. The first-order valence-corrected chi connectivity index (χ1v) is 6.34. The summed E-state index contributed by atoms with van der Waals surface area (Å²) in [6.45, 7) is 6.16. The first-order valence-electron chi connectivity index (χ1n) is 6.34. The zero-order valence-corrected chi connectivity index (χ0v) is 11.7. The van der Waals surface area contributed by atoms with Crippen LogP contribution in [0.5, 0.6) is 5.75 Å². The van der Waals surface area contributed by atoms with E-state index >= 15 is 0 Å². The highest BCUT2D eigenvalue weighted by Gasteiger charge is 2.11. The molecule has 0 spiro atoms. The second-order valence-corrected chi connectivity index (χ2v) is 4.40. The molecule has 0 aliphatic rings. The SMILES string of the molecule is CCOc1ccc(-c2cc(C(=O)O)nc(C)n2)cc1C. The van der Waals surface area contributed by atoms with Crippen molar-refractivity contribution in [3.8, 4) is 17.0 Å². The summed E-state index contributed by atoms with van der Waals surface area (Å²) in [6, 6.07) is 7.14. The summed E-state index contributed by atoms with van der Waals surface area (Å²) in [4.78, 5) is 19.2. The van der Waals surface area contributed by atoms with E-state index < -0.39 is 5.97 Å². The van der Waals surface area contributed by atoms with Crippen LogP contribution in [0.2, 0.25) is 0 Å². The fourth-order valence-electron chi connectivity index (χ4n) is 1.95. The molecule has 0 saturated heterocycles. The number of hydrogen-bond donors (Lipinski definition) is 1. The molecule has 1 aromatic carbocycles. The normalized spacial score (nSPS) is 10.3. The largest absolute Gasteiger partial charge is 0.494 e. The van der Waals surface area contributed by atoms with Gasteiger partial charge < -0.3 is 9.84 Å². The number of aromatic nitrogens is 2. The van der Waals surface area contributed by atoms with Gasteiger partial charge in [0.1, 0.15) is 11.6 Å². The number of aryl methyl sites for hydroxylation is 2. The quantitative estimate of drug-likeness (QED) is 0.926. The lowest BCUT2D eigenvalue weighted by molar-refractivity contribution is 0.0690. The van der Waals surface area contributed by atoms with E-state index in [9.17, 15) is 4.79 Å². The smallest absolute Gasteiger partial charge is 0.354 e. The summed E-state index contributed by atoms with van der Waals surface area (Å²) in [5.74, 6) is 0.200. The molecule has 0 atom stereocenters. The van der Waals surface area contributed by atoms with Crippen LogP contribution in [-0.2, 0) is 0 Å². The molecular weight excluding hydrogens is 256 g/mol. The van der Waals surface area contributed by atoms with Crippen molar-refractivity contribution < 1.29 is 14.6 Å². The molecule has 2 aromatic rings. The summed E-state index contributed by atoms with van der Waals surface area (Å²) in [5, 5.41) is 9.04. The Hall–Kier alpha value is -2.43. The molecule has 2 rings (SSSR count). The van der Waals surface area contributed by atoms with Crippen molar-refractivity contribution in [2.45, 2.75) is 20.8 Å². The number of ether oxygens (including phenoxy) is 1. The molecule has 20 heavy (non-hydrogen) atoms. The van der Waals surface area contributed by atoms with Crippen molar-refractivity contribution in [2.24, 2.45) is 0 Å². The minimum atomic E-state index is -1.06. The van der Waals surface area contributed by atoms with Gasteiger partial charge in [0.05, 0.1) is 12.3 Å². The molecule has 1 heterocycles. The van der Waals surface area contributed by atoms with Crippen LogP contribution in [0.25, 0.3) is 11.3 Å². The zero-order chi connectivity index (χ0) is 14.7. The fourth-order valence-corrected chi connectivity index (χ4v) is 1.95. The molecule has 0 saturated carbocycles. The number of carbonyl (C=O) groups is 1. The lowest BCUT2D eigenvalue weighted by Crippen LogP contribution is -2.04. The van der Waals surface area contributed by atoms with E-state index in [1.807, 2.05) is 32.0 Å². The van der Waals surface area contributed by atoms with Gasteiger partial charge >= 0.3 is 5.97 Å². The van der Waals surface area contributed by atoms with Gasteiger partial charge in [0.2, 0.25) is 0 Å². The van der Waals surface area contributed by atoms with Crippen molar-refractivity contribution in [1.29, 1.82) is 0 Å². The average Bonchev–Trinajstić information content (AvgIpc) is 2.40. The molecule has 1 aromatic heterocycles. The Bertz CT molecular complexity index is 654. The molecule has 0 radical (unpaired) electrons. The molecule has 5 nitrogen and oxygen atoms in total. The first-order chi connectivity index (χ1) is 9.51. The fraction of sp³-hybridized carbons (Fsp3) is 0.267. The standard InChI is InChI=1S/C15H16N2O3/c1-4-20-14-6-5-11(7-9(14)2)12-8-13(15(18)19)17-10(3)16-12/h5-8H,4H2,1-3H3,(H,18,19). The van der Waals surface area contributed by atoms with E-state index in [1.54, 1.807) is 6.92 Å². The third-order valence-corrected chi connectivity index (χ3v) is 2.83. The third kappa shape index (κ3) is 2.93. The molecular formula is C15H16N2O3. The van der Waals surface area contributed by atoms with E-state index in [-0.39, 0.29) is 5.69 Å². The molecule has 0 aliphatic carbocycles. The summed E-state index contributed by atoms with van der Waals surface area (Å²) in [7, 11) is 0. The van der Waals surface area contributed by atoms with Gasteiger partial charge in [0.25, 0.3) is 0 Å². The predicted molar refractivity (Wildman–Crippen MR) is 75.1 cm³/mol. The number of carboxylic acid groups (broad SMARTS) is 1. The molecule has 0 aliphatic heterocycles. The topological polar surface area (TPSA) is 72.3 Å². The predicted octanol–water partition coefficient (Wildman–Crippen LogP) is 2.86. The van der Waals surface area contributed by atoms with E-state index in [0.717, 1.165) is 16.9 Å². The van der Waals surface area contributed by atoms with Gasteiger partial charge in [-0.1, -0.05) is 0 Å². The van der Waals surface area contributed by atoms with Gasteiger partial charge in [0, 0.05) is 5.56 Å². The highest BCUT2D eigenvalue weighted by molar-refractivity contribution is 5.86. The molecule has 0 bridgehead atoms. The number of rotatable bonds is 4. The average molecular weight is 272 g/mol. The lowest BCUT2D eigenvalue weighted by atomic mass is 10.1. The highest BCUT2D eigenvalue weighted by atomic mass is 16.5. The van der Waals surface area contributed by atoms with Crippen LogP contribution < -0.4 is 4.74 Å². The number of nitrogens with zero attached hydrogens (tertiary/aromatic N) is 2. The second-order valence-electron chi connectivity index (χ2n) is 4.40. The number of hydrogen-bond acceptors (Lipinski definition) is 4. The third-order valence-electron chi connectivity index (χ3n) is 2.83. The van der Waals surface area contributed by atoms with Crippen LogP contribution in [0, 0.1) is 13.8 Å². The molecule has 0 unspecified atom stereocenters. The maximum absolute atomic E-state index is 11.0. The van der Waals surface area contributed by atoms with Crippen molar-refractivity contribution in [3.05, 3.63) is 41.3 Å². The van der Waals surface area contributed by atoms with Crippen LogP contribution >= 0.6 is 0 Å². The molecule has 0 fully saturated rings. The van der Waals surface area contributed by atoms with E-state index in [4.69, 9.17) is 9.84 Å². The van der Waals surface area contributed by atoms with Gasteiger partial charge in [-0.05, 0) is 50.6 Å². The number of carboxylic acids is 1. The van der Waals surface area contributed by atoms with Crippen molar-refractivity contribution in [2.75, 3.05) is 6.61 Å². The maximum atomic E-state index is 11.0. The van der Waals surface area contributed by atoms with Crippen LogP contribution in [0.3, 0.4) is 0 Å². The van der Waals surface area contributed by atoms with Crippen molar-refractivity contribution in [3.63, 3.8) is 0 Å². The van der Waals surface area contributed by atoms with Crippen LogP contribution in [-0.4, -0.2) is 27.7 Å². The lowest BCUT2D eigenvalue weighted by Gasteiger charge is -2.09. The van der Waals surface area contributed by atoms with Gasteiger partial charge in [-0.25, -0.2) is 14.8 Å². The van der Waals surface area contributed by atoms with Gasteiger partial charge in [0.15, 0.2) is 5.69 Å². The van der Waals surface area contributed by atoms with Crippen LogP contribution in [0.15, 0.2) is 24.3 Å². The van der Waals surface area contributed by atoms with Crippen molar-refractivity contribution in [1.82, 2.24) is 9.97 Å². The van der Waals surface area contributed by atoms with Gasteiger partial charge in [-0.2, -0.15) is 0 Å². The summed E-state index contributed by atoms with van der Waals surface area (Å²) < 4.78 is 5.49. The van der Waals surface area contributed by atoms with Crippen LogP contribution in [0.1, 0.15) is 28.8 Å². The molecule has 1 N–H and O–H groups in total. The van der Waals surface area contributed by atoms with E-state index in [1.165, 1.54) is 6.07 Å². The Morgan fingerprint density at radius 1 is 1.25 bits per heavy atom. The number of aromatic carboxylic acids is 1. The summed E-state index contributed by atoms with van der Waals surface area (Å²) >= 11 is 0. The summed E-state index contributed by atoms with van der Waals surface area (Å²) in [5.41, 5.74) is 2.43. The van der Waals surface area contributed by atoms with Crippen LogP contribution in [0.4, 0.5) is 0 Å². The Morgan fingerprint density at radius 2 is 2.00 bits per heavy atom. The Labute approximate surface area is 117 Å². The monoisotopic (exact) mass is 272 g/mol. The van der Waals surface area contributed by atoms with Gasteiger partial charge in [-0.15, -0.1) is 0 Å². The molecule has 0 amide bonds. The Kier molecular flexibility index (Phi) is 3.98. The van der Waals surface area contributed by atoms with Gasteiger partial charge in [-0.3, -0.25) is 0 Å². The second kappa shape index (κ2) is 5.69. The number of benzene rings is 1. The minimum absolute atomic E-state index is 0.000891. The maximum Gasteiger partial charge on any atom is 0.354 e.